The number of ether oxygens (including phenoxy) is 1. The van der Waals surface area contributed by atoms with Crippen molar-refractivity contribution in [2.75, 3.05) is 6.54 Å². The summed E-state index contributed by atoms with van der Waals surface area (Å²) in [6, 6.07) is 12.8. The van der Waals surface area contributed by atoms with Crippen LogP contribution in [0.15, 0.2) is 48.5 Å². The largest absolute Gasteiger partial charge is 0.459 e. The van der Waals surface area contributed by atoms with E-state index in [2.05, 4.69) is 0 Å². The van der Waals surface area contributed by atoms with Crippen molar-refractivity contribution >= 4 is 46.2 Å². The predicted molar refractivity (Wildman–Crippen MR) is 115 cm³/mol. The number of carbonyl (C=O) groups excluding carboxylic acids is 2. The fourth-order valence-corrected chi connectivity index (χ4v) is 3.66. The van der Waals surface area contributed by atoms with Gasteiger partial charge in [0.1, 0.15) is 13.2 Å². The molecule has 1 unspecified atom stereocenters. The van der Waals surface area contributed by atoms with Gasteiger partial charge in [-0.3, -0.25) is 19.7 Å². The molecule has 0 aliphatic carbocycles. The minimum Gasteiger partial charge on any atom is -0.459 e. The van der Waals surface area contributed by atoms with Gasteiger partial charge in [0, 0.05) is 40.4 Å². The molecule has 3 rings (SSSR count). The van der Waals surface area contributed by atoms with E-state index in [1.165, 1.54) is 29.2 Å². The number of β-lactam (4-membered cyclic amide) rings is 1. The Balaban J connectivity index is 1.55. The van der Waals surface area contributed by atoms with Gasteiger partial charge in [-0.25, -0.2) is 0 Å². The molecule has 2 aromatic rings. The van der Waals surface area contributed by atoms with Gasteiger partial charge in [0.05, 0.1) is 4.92 Å². The highest BCUT2D eigenvalue weighted by molar-refractivity contribution is 7.80. The minimum atomic E-state index is -0.545. The van der Waals surface area contributed by atoms with Crippen LogP contribution in [-0.4, -0.2) is 39.2 Å². The highest BCUT2D eigenvalue weighted by Gasteiger charge is 2.42. The molecule has 0 bridgehead atoms. The first-order valence-electron chi connectivity index (χ1n) is 9.24. The van der Waals surface area contributed by atoms with Gasteiger partial charge in [0.15, 0.2) is 0 Å². The molecule has 9 heteroatoms. The summed E-state index contributed by atoms with van der Waals surface area (Å²) in [5, 5.41) is 11.3. The topological polar surface area (TPSA) is 89.8 Å². The van der Waals surface area contributed by atoms with Crippen LogP contribution in [0.25, 0.3) is 0 Å². The second-order valence-electron chi connectivity index (χ2n) is 7.04. The van der Waals surface area contributed by atoms with Crippen molar-refractivity contribution in [1.82, 2.24) is 4.90 Å². The third kappa shape index (κ3) is 5.01. The first kappa shape index (κ1) is 21.9. The van der Waals surface area contributed by atoms with Gasteiger partial charge in [-0.05, 0) is 35.4 Å². The maximum Gasteiger partial charge on any atom is 0.325 e. The monoisotopic (exact) mass is 446 g/mol. The van der Waals surface area contributed by atoms with Crippen LogP contribution in [0.5, 0.6) is 0 Å². The zero-order chi connectivity index (χ0) is 21.8. The van der Waals surface area contributed by atoms with Crippen LogP contribution < -0.4 is 0 Å². The molecule has 1 saturated heterocycles. The minimum absolute atomic E-state index is 0.0255. The Bertz CT molecular complexity index is 978. The van der Waals surface area contributed by atoms with E-state index in [-0.39, 0.29) is 36.7 Å². The lowest BCUT2D eigenvalue weighted by atomic mass is 9.85. The smallest absolute Gasteiger partial charge is 0.325 e. The number of benzene rings is 2. The maximum atomic E-state index is 12.2. The molecule has 1 heterocycles. The third-order valence-electron chi connectivity index (χ3n) is 5.07. The van der Waals surface area contributed by atoms with E-state index < -0.39 is 10.9 Å². The molecule has 1 amide bonds. The average Bonchev–Trinajstić information content (AvgIpc) is 2.74. The predicted octanol–water partition coefficient (Wildman–Crippen LogP) is 3.95. The number of hydrogen-bond acceptors (Lipinski definition) is 6. The molecule has 2 atom stereocenters. The van der Waals surface area contributed by atoms with Gasteiger partial charge in [0.2, 0.25) is 5.91 Å². The van der Waals surface area contributed by atoms with Crippen molar-refractivity contribution in [2.45, 2.75) is 26.0 Å². The van der Waals surface area contributed by atoms with Crippen molar-refractivity contribution in [3.05, 3.63) is 74.8 Å². The molecule has 1 aliphatic rings. The van der Waals surface area contributed by atoms with Gasteiger partial charge in [-0.15, -0.1) is 0 Å². The standard InChI is InChI=1S/C21H19ClN2O5S/c1-13(21(30)15-4-6-16(22)7-5-15)18-10-19(25)23(18)11-20(26)29-12-14-2-8-17(9-3-14)24(27)28/h2-9,13,18H,10-12H2,1H3/t13-,18?/m1/s1. The number of nitro benzene ring substituents is 1. The van der Waals surface area contributed by atoms with Crippen molar-refractivity contribution in [3.8, 4) is 0 Å². The van der Waals surface area contributed by atoms with Crippen LogP contribution in [0.3, 0.4) is 0 Å². The van der Waals surface area contributed by atoms with Crippen LogP contribution in [0, 0.1) is 16.0 Å². The van der Waals surface area contributed by atoms with Crippen LogP contribution in [-0.2, 0) is 20.9 Å². The van der Waals surface area contributed by atoms with E-state index in [0.29, 0.717) is 21.9 Å². The van der Waals surface area contributed by atoms with E-state index in [1.54, 1.807) is 12.1 Å². The molecule has 1 fully saturated rings. The van der Waals surface area contributed by atoms with E-state index in [4.69, 9.17) is 28.6 Å². The maximum absolute atomic E-state index is 12.2. The number of likely N-dealkylation sites (tertiary alicyclic amines) is 1. The molecule has 0 saturated carbocycles. The van der Waals surface area contributed by atoms with Crippen molar-refractivity contribution in [2.24, 2.45) is 5.92 Å². The first-order valence-corrected chi connectivity index (χ1v) is 10.0. The lowest BCUT2D eigenvalue weighted by Crippen LogP contribution is -2.58. The van der Waals surface area contributed by atoms with Gasteiger partial charge >= 0.3 is 5.97 Å². The summed E-state index contributed by atoms with van der Waals surface area (Å²) < 4.78 is 5.22. The Labute approximate surface area is 183 Å². The number of esters is 1. The zero-order valence-corrected chi connectivity index (χ0v) is 17.7. The van der Waals surface area contributed by atoms with Crippen LogP contribution in [0.4, 0.5) is 5.69 Å². The highest BCUT2D eigenvalue weighted by Crippen LogP contribution is 2.29. The van der Waals surface area contributed by atoms with Gasteiger partial charge < -0.3 is 9.64 Å². The molecule has 7 nitrogen and oxygen atoms in total. The highest BCUT2D eigenvalue weighted by atomic mass is 35.5. The van der Waals surface area contributed by atoms with Crippen molar-refractivity contribution in [1.29, 1.82) is 0 Å². The summed E-state index contributed by atoms with van der Waals surface area (Å²) in [7, 11) is 0. The van der Waals surface area contributed by atoms with Crippen molar-refractivity contribution < 1.29 is 19.2 Å². The Hall–Kier alpha value is -2.84. The molecule has 0 spiro atoms. The number of nitro groups is 1. The van der Waals surface area contributed by atoms with Gasteiger partial charge in [0.25, 0.3) is 5.69 Å². The lowest BCUT2D eigenvalue weighted by molar-refractivity contribution is -0.384. The van der Waals surface area contributed by atoms with E-state index in [9.17, 15) is 19.7 Å². The molecule has 0 N–H and O–H groups in total. The summed E-state index contributed by atoms with van der Waals surface area (Å²) >= 11 is 11.5. The van der Waals surface area contributed by atoms with Gasteiger partial charge in [-0.1, -0.05) is 42.9 Å². The van der Waals surface area contributed by atoms with E-state index in [0.717, 1.165) is 5.56 Å². The Morgan fingerprint density at radius 3 is 2.47 bits per heavy atom. The molecular weight excluding hydrogens is 428 g/mol. The number of hydrogen-bond donors (Lipinski definition) is 0. The first-order chi connectivity index (χ1) is 14.3. The quantitative estimate of drug-likeness (QED) is 0.152. The molecular formula is C21H19ClN2O5S. The molecule has 2 aromatic carbocycles. The lowest BCUT2D eigenvalue weighted by Gasteiger charge is -2.43. The molecule has 30 heavy (non-hydrogen) atoms. The number of amides is 1. The summed E-state index contributed by atoms with van der Waals surface area (Å²) in [4.78, 5) is 36.6. The summed E-state index contributed by atoms with van der Waals surface area (Å²) in [6.07, 6.45) is 0.324. The number of nitrogens with zero attached hydrogens (tertiary/aromatic N) is 2. The van der Waals surface area contributed by atoms with Gasteiger partial charge in [-0.2, -0.15) is 0 Å². The molecule has 0 aromatic heterocycles. The Morgan fingerprint density at radius 1 is 1.27 bits per heavy atom. The van der Waals surface area contributed by atoms with Crippen molar-refractivity contribution in [3.63, 3.8) is 0 Å². The molecule has 1 aliphatic heterocycles. The summed E-state index contributed by atoms with van der Waals surface area (Å²) in [6.45, 7) is 1.75. The zero-order valence-electron chi connectivity index (χ0n) is 16.1. The fourth-order valence-electron chi connectivity index (χ4n) is 3.25. The average molecular weight is 447 g/mol. The molecule has 0 radical (unpaired) electrons. The van der Waals surface area contributed by atoms with Crippen LogP contribution in [0.1, 0.15) is 24.5 Å². The van der Waals surface area contributed by atoms with E-state index >= 15 is 0 Å². The SMILES string of the molecule is C[C@@H](C(=S)c1ccc(Cl)cc1)C1CC(=O)N1CC(=O)OCc1ccc([N+](=O)[O-])cc1. The Morgan fingerprint density at radius 2 is 1.90 bits per heavy atom. The number of halogens is 1. The second kappa shape index (κ2) is 9.32. The summed E-state index contributed by atoms with van der Waals surface area (Å²) in [5.74, 6) is -0.782. The molecule has 156 valence electrons. The number of carbonyl (C=O) groups is 2. The normalized spacial score (nSPS) is 16.5. The van der Waals surface area contributed by atoms with Crippen LogP contribution >= 0.6 is 23.8 Å². The number of non-ortho nitro benzene ring substituents is 1. The summed E-state index contributed by atoms with van der Waals surface area (Å²) in [5.41, 5.74) is 1.45. The number of thiocarbonyl (C=S) groups is 1. The third-order valence-corrected chi connectivity index (χ3v) is 5.93. The number of rotatable bonds is 8. The Kier molecular flexibility index (Phi) is 6.79. The van der Waals surface area contributed by atoms with Crippen LogP contribution in [0.2, 0.25) is 5.02 Å². The van der Waals surface area contributed by atoms with E-state index in [1.807, 2.05) is 19.1 Å². The second-order valence-corrected chi connectivity index (χ2v) is 7.91. The fraction of sp³-hybridized carbons (Fsp3) is 0.286.